The number of halogens is 3. The molecule has 0 saturated heterocycles. The summed E-state index contributed by atoms with van der Waals surface area (Å²) in [4.78, 5) is 11.6. The molecule has 0 bridgehead atoms. The van der Waals surface area contributed by atoms with Crippen molar-refractivity contribution in [3.63, 3.8) is 0 Å². The van der Waals surface area contributed by atoms with Gasteiger partial charge in [-0.2, -0.15) is 18.3 Å². The van der Waals surface area contributed by atoms with Crippen molar-refractivity contribution in [3.8, 4) is 0 Å². The Bertz CT molecular complexity index is 1090. The van der Waals surface area contributed by atoms with Gasteiger partial charge in [0.2, 0.25) is 0 Å². The lowest BCUT2D eigenvalue weighted by molar-refractivity contribution is -0.123. The van der Waals surface area contributed by atoms with Crippen LogP contribution >= 0.6 is 0 Å². The van der Waals surface area contributed by atoms with E-state index < -0.39 is 28.7 Å². The molecule has 3 N–H and O–H groups in total. The third-order valence-corrected chi connectivity index (χ3v) is 4.94. The zero-order valence-electron chi connectivity index (χ0n) is 13.5. The smallest absolute Gasteiger partial charge is 0.343 e. The van der Waals surface area contributed by atoms with Crippen LogP contribution < -0.4 is 10.0 Å². The van der Waals surface area contributed by atoms with E-state index in [9.17, 15) is 26.4 Å². The average molecular weight is 398 g/mol. The molecular formula is C16H13F3N4O3S. The number of fused-ring (bicyclic) bond motifs is 1. The van der Waals surface area contributed by atoms with Crippen molar-refractivity contribution in [2.75, 3.05) is 11.3 Å². The van der Waals surface area contributed by atoms with E-state index in [0.29, 0.717) is 10.9 Å². The first-order valence-corrected chi connectivity index (χ1v) is 9.04. The molecule has 0 radical (unpaired) electrons. The quantitative estimate of drug-likeness (QED) is 0.615. The molecule has 3 aromatic rings. The fourth-order valence-corrected chi connectivity index (χ4v) is 3.46. The lowest BCUT2D eigenvalue weighted by Crippen LogP contribution is -2.33. The number of sulfonamides is 1. The molecule has 1 heterocycles. The second kappa shape index (κ2) is 6.91. The highest BCUT2D eigenvalue weighted by atomic mass is 32.2. The Morgan fingerprint density at radius 3 is 2.63 bits per heavy atom. The molecule has 7 nitrogen and oxygen atoms in total. The number of para-hydroxylation sites is 1. The highest BCUT2D eigenvalue weighted by Gasteiger charge is 2.28. The highest BCUT2D eigenvalue weighted by molar-refractivity contribution is 7.92. The summed E-state index contributed by atoms with van der Waals surface area (Å²) in [5, 5.41) is 8.90. The van der Waals surface area contributed by atoms with Crippen molar-refractivity contribution in [2.24, 2.45) is 0 Å². The molecule has 11 heteroatoms. The number of alkyl halides is 3. The number of aromatic nitrogens is 2. The number of aromatic amines is 1. The number of hydrogen-bond donors (Lipinski definition) is 3. The molecule has 0 saturated carbocycles. The summed E-state index contributed by atoms with van der Waals surface area (Å²) in [5.74, 6) is -1.03. The first kappa shape index (κ1) is 18.7. The fraction of sp³-hybridized carbons (Fsp3) is 0.125. The minimum Gasteiger partial charge on any atom is -0.343 e. The van der Waals surface area contributed by atoms with E-state index >= 15 is 0 Å². The Kier molecular flexibility index (Phi) is 4.79. The van der Waals surface area contributed by atoms with E-state index in [1.165, 1.54) is 30.5 Å². The van der Waals surface area contributed by atoms with Crippen LogP contribution in [0.25, 0.3) is 10.9 Å². The molecule has 0 aliphatic heterocycles. The second-order valence-electron chi connectivity index (χ2n) is 5.57. The topological polar surface area (TPSA) is 104 Å². The number of hydrogen-bond acceptors (Lipinski definition) is 4. The first-order chi connectivity index (χ1) is 12.7. The predicted octanol–water partition coefficient (Wildman–Crippen LogP) is 2.66. The van der Waals surface area contributed by atoms with E-state index in [0.717, 1.165) is 6.07 Å². The molecule has 1 aromatic heterocycles. The standard InChI is InChI=1S/C16H13F3N4O3S/c17-16(18,19)9-20-15(24)10-3-1-5-12(7-10)27(25,26)23-13-6-2-4-11-8-21-22-14(11)13/h1-8,23H,9H2,(H,20,24)(H,21,22). The predicted molar refractivity (Wildman–Crippen MR) is 91.7 cm³/mol. The van der Waals surface area contributed by atoms with Crippen LogP contribution in [0.2, 0.25) is 0 Å². The molecular weight excluding hydrogens is 385 g/mol. The summed E-state index contributed by atoms with van der Waals surface area (Å²) in [6.07, 6.45) is -3.04. The number of H-pyrrole nitrogens is 1. The van der Waals surface area contributed by atoms with Crippen molar-refractivity contribution >= 4 is 32.5 Å². The Hall–Kier alpha value is -3.08. The fourth-order valence-electron chi connectivity index (χ4n) is 2.34. The van der Waals surface area contributed by atoms with Gasteiger partial charge in [-0.1, -0.05) is 18.2 Å². The van der Waals surface area contributed by atoms with Crippen molar-refractivity contribution in [1.29, 1.82) is 0 Å². The lowest BCUT2D eigenvalue weighted by Gasteiger charge is -2.11. The van der Waals surface area contributed by atoms with Crippen LogP contribution in [0.1, 0.15) is 10.4 Å². The number of carbonyl (C=O) groups excluding carboxylic acids is 1. The molecule has 3 rings (SSSR count). The summed E-state index contributed by atoms with van der Waals surface area (Å²) in [7, 11) is -4.08. The summed E-state index contributed by atoms with van der Waals surface area (Å²) >= 11 is 0. The molecule has 0 aliphatic carbocycles. The number of nitrogens with one attached hydrogen (secondary N) is 3. The molecule has 142 valence electrons. The first-order valence-electron chi connectivity index (χ1n) is 7.56. The van der Waals surface area contributed by atoms with Crippen molar-refractivity contribution in [2.45, 2.75) is 11.1 Å². The molecule has 0 atom stereocenters. The zero-order valence-corrected chi connectivity index (χ0v) is 14.4. The summed E-state index contributed by atoms with van der Waals surface area (Å²) in [6.45, 7) is -1.51. The van der Waals surface area contributed by atoms with Gasteiger partial charge in [0.05, 0.1) is 22.3 Å². The Labute approximate surface area is 151 Å². The van der Waals surface area contributed by atoms with Gasteiger partial charge in [-0.05, 0) is 24.3 Å². The van der Waals surface area contributed by atoms with E-state index in [2.05, 4.69) is 14.9 Å². The van der Waals surface area contributed by atoms with Gasteiger partial charge in [0.25, 0.3) is 15.9 Å². The highest BCUT2D eigenvalue weighted by Crippen LogP contribution is 2.24. The minimum atomic E-state index is -4.57. The minimum absolute atomic E-state index is 0.207. The Morgan fingerprint density at radius 2 is 1.89 bits per heavy atom. The van der Waals surface area contributed by atoms with Gasteiger partial charge in [0, 0.05) is 10.9 Å². The maximum atomic E-state index is 12.6. The number of amides is 1. The zero-order chi connectivity index (χ0) is 19.7. The van der Waals surface area contributed by atoms with Crippen molar-refractivity contribution in [3.05, 3.63) is 54.2 Å². The average Bonchev–Trinajstić information content (AvgIpc) is 3.09. The van der Waals surface area contributed by atoms with Crippen LogP contribution in [0, 0.1) is 0 Å². The van der Waals surface area contributed by atoms with E-state index in [1.807, 2.05) is 0 Å². The molecule has 27 heavy (non-hydrogen) atoms. The van der Waals surface area contributed by atoms with Gasteiger partial charge in [-0.15, -0.1) is 0 Å². The van der Waals surface area contributed by atoms with Gasteiger partial charge in [0.15, 0.2) is 0 Å². The molecule has 1 amide bonds. The van der Waals surface area contributed by atoms with E-state index in [1.54, 1.807) is 17.4 Å². The third-order valence-electron chi connectivity index (χ3n) is 3.58. The van der Waals surface area contributed by atoms with E-state index in [4.69, 9.17) is 0 Å². The third kappa shape index (κ3) is 4.37. The number of benzene rings is 2. The molecule has 0 fully saturated rings. The van der Waals surface area contributed by atoms with Crippen LogP contribution in [-0.2, 0) is 10.0 Å². The van der Waals surface area contributed by atoms with Crippen LogP contribution in [0.15, 0.2) is 53.6 Å². The monoisotopic (exact) mass is 398 g/mol. The number of nitrogens with zero attached hydrogens (tertiary/aromatic N) is 1. The van der Waals surface area contributed by atoms with Gasteiger partial charge in [-0.3, -0.25) is 14.6 Å². The SMILES string of the molecule is O=C(NCC(F)(F)F)c1cccc(S(=O)(=O)Nc2cccc3cn[nH]c23)c1. The van der Waals surface area contributed by atoms with Crippen LogP contribution in [0.4, 0.5) is 18.9 Å². The normalized spacial score (nSPS) is 12.1. The van der Waals surface area contributed by atoms with Crippen molar-refractivity contribution in [1.82, 2.24) is 15.5 Å². The van der Waals surface area contributed by atoms with Crippen LogP contribution in [0.3, 0.4) is 0 Å². The summed E-state index contributed by atoms with van der Waals surface area (Å²) in [5.41, 5.74) is 0.513. The summed E-state index contributed by atoms with van der Waals surface area (Å²) in [6, 6.07) is 9.63. The van der Waals surface area contributed by atoms with Crippen LogP contribution in [-0.4, -0.2) is 37.2 Å². The van der Waals surface area contributed by atoms with Gasteiger partial charge >= 0.3 is 6.18 Å². The summed E-state index contributed by atoms with van der Waals surface area (Å²) < 4.78 is 64.2. The largest absolute Gasteiger partial charge is 0.405 e. The Morgan fingerprint density at radius 1 is 1.15 bits per heavy atom. The molecule has 0 spiro atoms. The molecule has 2 aromatic carbocycles. The van der Waals surface area contributed by atoms with Gasteiger partial charge in [0.1, 0.15) is 6.54 Å². The van der Waals surface area contributed by atoms with Gasteiger partial charge < -0.3 is 5.32 Å². The van der Waals surface area contributed by atoms with Crippen LogP contribution in [0.5, 0.6) is 0 Å². The number of anilines is 1. The van der Waals surface area contributed by atoms with Gasteiger partial charge in [-0.25, -0.2) is 8.42 Å². The maximum absolute atomic E-state index is 12.6. The van der Waals surface area contributed by atoms with E-state index in [-0.39, 0.29) is 16.1 Å². The Balaban J connectivity index is 1.85. The second-order valence-corrected chi connectivity index (χ2v) is 7.25. The lowest BCUT2D eigenvalue weighted by atomic mass is 10.2. The van der Waals surface area contributed by atoms with Crippen molar-refractivity contribution < 1.29 is 26.4 Å². The number of carbonyl (C=O) groups is 1. The maximum Gasteiger partial charge on any atom is 0.405 e. The molecule has 0 aliphatic rings. The molecule has 0 unspecified atom stereocenters. The number of rotatable bonds is 5.